The molecule has 11 heteroatoms. The number of nitriles is 2. The molecule has 0 radical (unpaired) electrons. The molecule has 3 saturated carbocycles. The van der Waals surface area contributed by atoms with Gasteiger partial charge < -0.3 is 14.8 Å². The smallest absolute Gasteiger partial charge is 0.299 e. The van der Waals surface area contributed by atoms with Crippen molar-refractivity contribution in [2.75, 3.05) is 11.9 Å². The maximum absolute atomic E-state index is 14.2. The van der Waals surface area contributed by atoms with Crippen LogP contribution in [0.4, 0.5) is 14.7 Å². The average molecular weight is 489 g/mol. The van der Waals surface area contributed by atoms with Gasteiger partial charge in [-0.25, -0.2) is 8.78 Å². The fraction of sp³-hybridized carbons (Fsp3) is 0.400. The molecular formula is C25H21F2N7O2. The Morgan fingerprint density at radius 3 is 2.53 bits per heavy atom. The van der Waals surface area contributed by atoms with Crippen molar-refractivity contribution in [1.29, 1.82) is 10.5 Å². The molecular weight excluding hydrogens is 468 g/mol. The number of aromatic nitrogens is 4. The molecule has 3 heterocycles. The van der Waals surface area contributed by atoms with Gasteiger partial charge in [0.05, 0.1) is 24.1 Å². The molecule has 182 valence electrons. The van der Waals surface area contributed by atoms with Gasteiger partial charge in [-0.05, 0) is 68.0 Å². The highest BCUT2D eigenvalue weighted by molar-refractivity contribution is 5.80. The normalized spacial score (nSPS) is 25.2. The van der Waals surface area contributed by atoms with Crippen LogP contribution in [0.5, 0.6) is 17.6 Å². The monoisotopic (exact) mass is 489 g/mol. The summed E-state index contributed by atoms with van der Waals surface area (Å²) in [5.74, 6) is -2.22. The number of hydrogen-bond acceptors (Lipinski definition) is 8. The first-order valence-electron chi connectivity index (χ1n) is 11.5. The van der Waals surface area contributed by atoms with Crippen LogP contribution in [0, 0.1) is 41.9 Å². The summed E-state index contributed by atoms with van der Waals surface area (Å²) in [5, 5.41) is 21.5. The molecule has 2 aromatic heterocycles. The predicted molar refractivity (Wildman–Crippen MR) is 125 cm³/mol. The molecule has 3 aliphatic carbocycles. The van der Waals surface area contributed by atoms with Gasteiger partial charge in [-0.15, -0.1) is 0 Å². The number of hydrogen-bond donors (Lipinski definition) is 1. The molecule has 36 heavy (non-hydrogen) atoms. The zero-order chi connectivity index (χ0) is 25.3. The van der Waals surface area contributed by atoms with Crippen LogP contribution in [0.15, 0.2) is 18.2 Å². The Morgan fingerprint density at radius 2 is 1.86 bits per heavy atom. The molecule has 0 atom stereocenters. The quantitative estimate of drug-likeness (QED) is 0.514. The van der Waals surface area contributed by atoms with Gasteiger partial charge in [0.2, 0.25) is 5.95 Å². The van der Waals surface area contributed by atoms with E-state index in [0.717, 1.165) is 16.7 Å². The topological polar surface area (TPSA) is 122 Å². The lowest BCUT2D eigenvalue weighted by Crippen LogP contribution is -2.70. The molecule has 0 unspecified atom stereocenters. The lowest BCUT2D eigenvalue weighted by atomic mass is 9.40. The van der Waals surface area contributed by atoms with Gasteiger partial charge in [-0.2, -0.15) is 25.5 Å². The Kier molecular flexibility index (Phi) is 4.55. The minimum absolute atomic E-state index is 0.0339. The average Bonchev–Trinajstić information content (AvgIpc) is 3.12. The van der Waals surface area contributed by atoms with Crippen LogP contribution in [0.1, 0.15) is 36.0 Å². The highest BCUT2D eigenvalue weighted by Crippen LogP contribution is 2.67. The standard InChI is InChI=1S/C25H21F2N7O2/c1-14-6-16(4-3-5-28)7-15(2)18(14)36-20-17-19(31-22-34(17)12-25(26,27)13-35-22)30-21(32-20)33-24-8-23(9-24,10-24)11-29/h3-4,6-7H,8-10,12-13H2,1-2H3,(H,30,32,33)/b4-3+. The van der Waals surface area contributed by atoms with E-state index in [1.54, 1.807) is 6.08 Å². The van der Waals surface area contributed by atoms with Crippen LogP contribution in [-0.2, 0) is 6.54 Å². The van der Waals surface area contributed by atoms with Gasteiger partial charge in [-0.3, -0.25) is 4.57 Å². The molecule has 2 bridgehead atoms. The summed E-state index contributed by atoms with van der Waals surface area (Å²) < 4.78 is 41.2. The zero-order valence-electron chi connectivity index (χ0n) is 19.6. The number of allylic oxidation sites excluding steroid dienone is 1. The van der Waals surface area contributed by atoms with Crippen molar-refractivity contribution in [3.05, 3.63) is 34.9 Å². The van der Waals surface area contributed by atoms with Gasteiger partial charge in [0.15, 0.2) is 17.8 Å². The molecule has 1 aliphatic heterocycles. The van der Waals surface area contributed by atoms with Crippen LogP contribution < -0.4 is 14.8 Å². The molecule has 3 aromatic rings. The van der Waals surface area contributed by atoms with Crippen molar-refractivity contribution in [2.24, 2.45) is 5.41 Å². The molecule has 0 amide bonds. The summed E-state index contributed by atoms with van der Waals surface area (Å²) in [6.07, 6.45) is 5.21. The second-order valence-corrected chi connectivity index (χ2v) is 10.0. The molecule has 0 saturated heterocycles. The second kappa shape index (κ2) is 7.37. The van der Waals surface area contributed by atoms with Crippen LogP contribution in [-0.4, -0.2) is 37.6 Å². The Labute approximate surface area is 205 Å². The van der Waals surface area contributed by atoms with Crippen molar-refractivity contribution in [3.8, 4) is 29.8 Å². The van der Waals surface area contributed by atoms with E-state index in [9.17, 15) is 14.0 Å². The third-order valence-corrected chi connectivity index (χ3v) is 7.01. The van der Waals surface area contributed by atoms with E-state index in [-0.39, 0.29) is 40.0 Å². The fourth-order valence-electron chi connectivity index (χ4n) is 5.56. The first-order chi connectivity index (χ1) is 17.1. The van der Waals surface area contributed by atoms with Crippen molar-refractivity contribution in [2.45, 2.75) is 51.1 Å². The molecule has 9 nitrogen and oxygen atoms in total. The fourth-order valence-corrected chi connectivity index (χ4v) is 5.56. The summed E-state index contributed by atoms with van der Waals surface area (Å²) >= 11 is 0. The number of alkyl halides is 2. The summed E-state index contributed by atoms with van der Waals surface area (Å²) in [7, 11) is 0. The van der Waals surface area contributed by atoms with Crippen LogP contribution >= 0.6 is 0 Å². The second-order valence-electron chi connectivity index (χ2n) is 10.0. The Bertz CT molecular complexity index is 1500. The van der Waals surface area contributed by atoms with Crippen LogP contribution in [0.25, 0.3) is 17.2 Å². The third-order valence-electron chi connectivity index (χ3n) is 7.01. The summed E-state index contributed by atoms with van der Waals surface area (Å²) in [6.45, 7) is 2.32. The van der Waals surface area contributed by atoms with E-state index in [1.807, 2.05) is 32.0 Å². The highest BCUT2D eigenvalue weighted by atomic mass is 19.3. The first kappa shape index (κ1) is 22.2. The van der Waals surface area contributed by atoms with Crippen molar-refractivity contribution >= 4 is 23.2 Å². The number of aryl methyl sites for hydroxylation is 2. The summed E-state index contributed by atoms with van der Waals surface area (Å²) in [4.78, 5) is 13.4. The highest BCUT2D eigenvalue weighted by Gasteiger charge is 2.69. The number of fused-ring (bicyclic) bond motifs is 3. The van der Waals surface area contributed by atoms with Crippen LogP contribution in [0.3, 0.4) is 0 Å². The third kappa shape index (κ3) is 3.42. The van der Waals surface area contributed by atoms with Gasteiger partial charge in [-0.1, -0.05) is 0 Å². The largest absolute Gasteiger partial charge is 0.458 e. The summed E-state index contributed by atoms with van der Waals surface area (Å²) in [6, 6.07) is 8.09. The number of rotatable bonds is 5. The lowest BCUT2D eigenvalue weighted by Gasteiger charge is -2.66. The van der Waals surface area contributed by atoms with Crippen molar-refractivity contribution in [3.63, 3.8) is 0 Å². The predicted octanol–water partition coefficient (Wildman–Crippen LogP) is 4.66. The van der Waals surface area contributed by atoms with E-state index in [0.29, 0.717) is 25.0 Å². The number of ether oxygens (including phenoxy) is 2. The van der Waals surface area contributed by atoms with E-state index in [1.165, 1.54) is 10.6 Å². The number of anilines is 1. The minimum Gasteiger partial charge on any atom is -0.458 e. The number of nitrogens with zero attached hydrogens (tertiary/aromatic N) is 6. The minimum atomic E-state index is -3.08. The van der Waals surface area contributed by atoms with Crippen LogP contribution in [0.2, 0.25) is 0 Å². The maximum Gasteiger partial charge on any atom is 0.299 e. The maximum atomic E-state index is 14.2. The number of benzene rings is 1. The molecule has 3 fully saturated rings. The molecule has 0 spiro atoms. The van der Waals surface area contributed by atoms with E-state index >= 15 is 0 Å². The number of imidazole rings is 1. The molecule has 1 N–H and O–H groups in total. The first-order valence-corrected chi connectivity index (χ1v) is 11.5. The Balaban J connectivity index is 1.43. The van der Waals surface area contributed by atoms with E-state index in [2.05, 4.69) is 26.3 Å². The van der Waals surface area contributed by atoms with E-state index in [4.69, 9.17) is 14.7 Å². The van der Waals surface area contributed by atoms with Gasteiger partial charge in [0, 0.05) is 11.6 Å². The number of halogens is 2. The molecule has 1 aromatic carbocycles. The Hall–Kier alpha value is -4.25. The van der Waals surface area contributed by atoms with Gasteiger partial charge >= 0.3 is 0 Å². The molecule has 4 aliphatic rings. The van der Waals surface area contributed by atoms with Crippen molar-refractivity contribution < 1.29 is 18.3 Å². The molecule has 7 rings (SSSR count). The zero-order valence-corrected chi connectivity index (χ0v) is 19.6. The summed E-state index contributed by atoms with van der Waals surface area (Å²) in [5.41, 5.74) is 2.28. The van der Waals surface area contributed by atoms with Gasteiger partial charge in [0.25, 0.3) is 17.8 Å². The Morgan fingerprint density at radius 1 is 1.14 bits per heavy atom. The number of nitrogens with one attached hydrogen (secondary N) is 1. The SMILES string of the molecule is Cc1cc(/C=C/C#N)cc(C)c1Oc1nc(NC23CC(C#N)(C2)C3)nc2nc3n(c12)CC(F)(F)CO3. The lowest BCUT2D eigenvalue weighted by molar-refractivity contribution is -0.0764. The van der Waals surface area contributed by atoms with E-state index < -0.39 is 19.1 Å². The van der Waals surface area contributed by atoms with Crippen molar-refractivity contribution in [1.82, 2.24) is 19.5 Å². The van der Waals surface area contributed by atoms with Gasteiger partial charge in [0.1, 0.15) is 5.75 Å².